The summed E-state index contributed by atoms with van der Waals surface area (Å²) in [4.78, 5) is 16.7. The Hall–Kier alpha value is -1.79. The lowest BCUT2D eigenvalue weighted by molar-refractivity contribution is 0.562. The first kappa shape index (κ1) is 11.3. The Balaban J connectivity index is 2.16. The molecule has 0 spiro atoms. The van der Waals surface area contributed by atoms with E-state index in [2.05, 4.69) is 25.9 Å². The van der Waals surface area contributed by atoms with Crippen LogP contribution in [0.4, 0.5) is 0 Å². The van der Waals surface area contributed by atoms with Crippen molar-refractivity contribution in [3.8, 4) is 0 Å². The fourth-order valence-electron chi connectivity index (χ4n) is 1.94. The van der Waals surface area contributed by atoms with E-state index in [1.807, 2.05) is 18.2 Å². The topological polar surface area (TPSA) is 87.8 Å². The quantitative estimate of drug-likeness (QED) is 0.678. The molecule has 1 atom stereocenters. The zero-order valence-corrected chi connectivity index (χ0v) is 10.8. The van der Waals surface area contributed by atoms with E-state index >= 15 is 0 Å². The van der Waals surface area contributed by atoms with E-state index in [0.29, 0.717) is 0 Å². The molecular weight excluding hydrogens is 298 g/mol. The summed E-state index contributed by atoms with van der Waals surface area (Å²) in [6.07, 6.45) is 3.20. The molecule has 0 bridgehead atoms. The van der Waals surface area contributed by atoms with Gasteiger partial charge in [-0.05, 0) is 23.8 Å². The van der Waals surface area contributed by atoms with Crippen molar-refractivity contribution in [3.63, 3.8) is 0 Å². The number of furan rings is 1. The molecule has 1 aromatic carbocycles. The van der Waals surface area contributed by atoms with E-state index in [4.69, 9.17) is 10.2 Å². The van der Waals surface area contributed by atoms with Crippen LogP contribution in [-0.4, -0.2) is 9.97 Å². The first-order chi connectivity index (χ1) is 8.65. The van der Waals surface area contributed by atoms with Crippen LogP contribution >= 0.6 is 15.9 Å². The summed E-state index contributed by atoms with van der Waals surface area (Å²) in [5.41, 5.74) is 9.19. The highest BCUT2D eigenvalue weighted by atomic mass is 79.9. The molecule has 6 heteroatoms. The van der Waals surface area contributed by atoms with Crippen molar-refractivity contribution in [1.29, 1.82) is 0 Å². The number of hydrogen-bond acceptors (Lipinski definition) is 3. The first-order valence-corrected chi connectivity index (χ1v) is 6.13. The van der Waals surface area contributed by atoms with E-state index < -0.39 is 0 Å². The van der Waals surface area contributed by atoms with Crippen molar-refractivity contribution < 1.29 is 4.42 Å². The second-order valence-electron chi connectivity index (χ2n) is 4.03. The van der Waals surface area contributed by atoms with Crippen molar-refractivity contribution in [2.24, 2.45) is 5.73 Å². The van der Waals surface area contributed by atoms with Crippen molar-refractivity contribution in [2.75, 3.05) is 0 Å². The Morgan fingerprint density at radius 3 is 2.67 bits per heavy atom. The van der Waals surface area contributed by atoms with E-state index in [1.54, 1.807) is 12.5 Å². The number of nitrogens with two attached hydrogens (primary N) is 1. The van der Waals surface area contributed by atoms with Crippen LogP contribution in [0.15, 0.2) is 44.4 Å². The standard InChI is InChI=1S/C12H10BrN3O2/c13-8-4-10-9(15-12(17)16-10)3-7(8)11(14)6-1-2-18-5-6/h1-5,11H,14H2,(H2,15,16,17). The maximum absolute atomic E-state index is 11.2. The van der Waals surface area contributed by atoms with Gasteiger partial charge in [-0.1, -0.05) is 15.9 Å². The smallest absolute Gasteiger partial charge is 0.323 e. The lowest BCUT2D eigenvalue weighted by atomic mass is 10.0. The van der Waals surface area contributed by atoms with Crippen molar-refractivity contribution in [1.82, 2.24) is 9.97 Å². The van der Waals surface area contributed by atoms with Gasteiger partial charge in [0.15, 0.2) is 0 Å². The highest BCUT2D eigenvalue weighted by molar-refractivity contribution is 9.10. The van der Waals surface area contributed by atoms with E-state index in [9.17, 15) is 4.79 Å². The number of fused-ring (bicyclic) bond motifs is 1. The van der Waals surface area contributed by atoms with E-state index in [0.717, 1.165) is 26.6 Å². The molecule has 0 amide bonds. The summed E-state index contributed by atoms with van der Waals surface area (Å²) < 4.78 is 5.88. The third-order valence-electron chi connectivity index (χ3n) is 2.87. The molecule has 0 aliphatic rings. The summed E-state index contributed by atoms with van der Waals surface area (Å²) in [6.45, 7) is 0. The Morgan fingerprint density at radius 2 is 2.00 bits per heavy atom. The van der Waals surface area contributed by atoms with Crippen molar-refractivity contribution in [2.45, 2.75) is 6.04 Å². The zero-order valence-electron chi connectivity index (χ0n) is 9.24. The SMILES string of the molecule is NC(c1ccoc1)c1cc2[nH]c(=O)[nH]c2cc1Br. The Labute approximate surface area is 110 Å². The van der Waals surface area contributed by atoms with Crippen molar-refractivity contribution in [3.05, 3.63) is 56.8 Å². The predicted molar refractivity (Wildman–Crippen MR) is 71.4 cm³/mol. The van der Waals surface area contributed by atoms with Crippen LogP contribution in [0, 0.1) is 0 Å². The molecule has 0 saturated heterocycles. The van der Waals surface area contributed by atoms with Crippen LogP contribution in [0.3, 0.4) is 0 Å². The molecule has 3 rings (SSSR count). The number of imidazole rings is 1. The molecule has 0 radical (unpaired) electrons. The molecule has 0 fully saturated rings. The predicted octanol–water partition coefficient (Wildman–Crippen LogP) is 2.26. The molecule has 2 heterocycles. The van der Waals surface area contributed by atoms with Gasteiger partial charge in [0.05, 0.1) is 29.6 Å². The Bertz CT molecular complexity index is 742. The van der Waals surface area contributed by atoms with E-state index in [-0.39, 0.29) is 11.7 Å². The maximum atomic E-state index is 11.2. The molecule has 4 N–H and O–H groups in total. The maximum Gasteiger partial charge on any atom is 0.323 e. The molecule has 92 valence electrons. The molecule has 3 aromatic rings. The number of nitrogens with one attached hydrogen (secondary N) is 2. The fourth-order valence-corrected chi connectivity index (χ4v) is 2.53. The molecule has 5 nitrogen and oxygen atoms in total. The first-order valence-electron chi connectivity index (χ1n) is 5.34. The second-order valence-corrected chi connectivity index (χ2v) is 4.89. The summed E-state index contributed by atoms with van der Waals surface area (Å²) in [6, 6.07) is 5.21. The minimum atomic E-state index is -0.305. The van der Waals surface area contributed by atoms with Crippen LogP contribution < -0.4 is 11.4 Å². The van der Waals surface area contributed by atoms with Gasteiger partial charge in [-0.15, -0.1) is 0 Å². The van der Waals surface area contributed by atoms with Crippen LogP contribution in [-0.2, 0) is 0 Å². The van der Waals surface area contributed by atoms with Crippen LogP contribution in [0.1, 0.15) is 17.2 Å². The average Bonchev–Trinajstić information content (AvgIpc) is 2.94. The summed E-state index contributed by atoms with van der Waals surface area (Å²) in [5, 5.41) is 0. The number of aromatic amines is 2. The Morgan fingerprint density at radius 1 is 1.28 bits per heavy atom. The molecular formula is C12H10BrN3O2. The van der Waals surface area contributed by atoms with Gasteiger partial charge in [-0.2, -0.15) is 0 Å². The highest BCUT2D eigenvalue weighted by Crippen LogP contribution is 2.29. The van der Waals surface area contributed by atoms with Gasteiger partial charge in [0.2, 0.25) is 0 Å². The van der Waals surface area contributed by atoms with Crippen LogP contribution in [0.2, 0.25) is 0 Å². The molecule has 0 aliphatic heterocycles. The third-order valence-corrected chi connectivity index (χ3v) is 3.56. The van der Waals surface area contributed by atoms with Gasteiger partial charge in [0.25, 0.3) is 0 Å². The molecule has 1 unspecified atom stereocenters. The molecule has 2 aromatic heterocycles. The number of aromatic nitrogens is 2. The van der Waals surface area contributed by atoms with Gasteiger partial charge in [0.1, 0.15) is 0 Å². The molecule has 0 saturated carbocycles. The van der Waals surface area contributed by atoms with Crippen molar-refractivity contribution >= 4 is 27.0 Å². The van der Waals surface area contributed by atoms with Gasteiger partial charge in [-0.25, -0.2) is 4.79 Å². The van der Waals surface area contributed by atoms with Gasteiger partial charge in [0, 0.05) is 10.0 Å². The molecule has 18 heavy (non-hydrogen) atoms. The molecule has 0 aliphatic carbocycles. The monoisotopic (exact) mass is 307 g/mol. The fraction of sp³-hybridized carbons (Fsp3) is 0.0833. The van der Waals surface area contributed by atoms with Gasteiger partial charge in [-0.3, -0.25) is 0 Å². The van der Waals surface area contributed by atoms with Crippen LogP contribution in [0.25, 0.3) is 11.0 Å². The number of H-pyrrole nitrogens is 2. The second kappa shape index (κ2) is 4.15. The number of benzene rings is 1. The largest absolute Gasteiger partial charge is 0.472 e. The average molecular weight is 308 g/mol. The Kier molecular flexibility index (Phi) is 2.61. The third kappa shape index (κ3) is 1.79. The highest BCUT2D eigenvalue weighted by Gasteiger charge is 2.15. The lowest BCUT2D eigenvalue weighted by Crippen LogP contribution is -2.11. The van der Waals surface area contributed by atoms with Crippen LogP contribution in [0.5, 0.6) is 0 Å². The number of rotatable bonds is 2. The summed E-state index contributed by atoms with van der Waals surface area (Å²) in [7, 11) is 0. The summed E-state index contributed by atoms with van der Waals surface area (Å²) >= 11 is 3.47. The number of hydrogen-bond donors (Lipinski definition) is 3. The zero-order chi connectivity index (χ0) is 12.7. The van der Waals surface area contributed by atoms with Gasteiger partial charge >= 0.3 is 5.69 Å². The minimum absolute atomic E-state index is 0.231. The van der Waals surface area contributed by atoms with Gasteiger partial charge < -0.3 is 20.1 Å². The summed E-state index contributed by atoms with van der Waals surface area (Å²) in [5.74, 6) is 0. The minimum Gasteiger partial charge on any atom is -0.472 e. The number of halogens is 1. The normalized spacial score (nSPS) is 13.0. The van der Waals surface area contributed by atoms with E-state index in [1.165, 1.54) is 0 Å². The lowest BCUT2D eigenvalue weighted by Gasteiger charge is -2.12.